The maximum absolute atomic E-state index is 13.3. The van der Waals surface area contributed by atoms with E-state index in [0.717, 1.165) is 37.8 Å². The third kappa shape index (κ3) is 8.58. The second kappa shape index (κ2) is 14.7. The first-order valence-electron chi connectivity index (χ1n) is 12.1. The summed E-state index contributed by atoms with van der Waals surface area (Å²) in [7, 11) is 0. The van der Waals surface area contributed by atoms with E-state index in [-0.39, 0.29) is 23.6 Å². The fraction of sp³-hybridized carbons (Fsp3) is 0.957. The SMILES string of the molecule is CCC1CC(C(=O)NC(C(C)Cl)C2CC(O)[C@H](O)[C@@H](SC)O2)CN(CCCCCCBr)C1. The quantitative estimate of drug-likeness (QED) is 0.251. The summed E-state index contributed by atoms with van der Waals surface area (Å²) < 4.78 is 6.02. The van der Waals surface area contributed by atoms with Crippen LogP contribution in [0.25, 0.3) is 0 Å². The predicted molar refractivity (Wildman–Crippen MR) is 137 cm³/mol. The van der Waals surface area contributed by atoms with Gasteiger partial charge in [-0.1, -0.05) is 42.1 Å². The van der Waals surface area contributed by atoms with E-state index in [1.54, 1.807) is 0 Å². The van der Waals surface area contributed by atoms with Crippen molar-refractivity contribution >= 4 is 45.2 Å². The second-order valence-electron chi connectivity index (χ2n) is 9.35. The standard InChI is InChI=1S/C23H42BrClN2O4S/c1-4-16-11-17(14-27(13-16)10-8-6-5-7-9-24)22(30)26-20(15(2)25)19-12-18(28)21(29)23(31-19)32-3/h15-21,23,28-29H,4-14H2,1-3H3,(H,26,30)/t15?,16?,17?,18?,19?,20?,21-,23+/m0/s1. The summed E-state index contributed by atoms with van der Waals surface area (Å²) >= 11 is 11.3. The number of alkyl halides is 2. The first-order chi connectivity index (χ1) is 15.3. The summed E-state index contributed by atoms with van der Waals surface area (Å²) in [5.74, 6) is 0.483. The lowest BCUT2D eigenvalue weighted by Crippen LogP contribution is -2.58. The lowest BCUT2D eigenvalue weighted by atomic mass is 9.86. The van der Waals surface area contributed by atoms with Gasteiger partial charge in [0.1, 0.15) is 11.5 Å². The third-order valence-electron chi connectivity index (χ3n) is 6.81. The molecule has 0 radical (unpaired) electrons. The minimum Gasteiger partial charge on any atom is -0.390 e. The number of aliphatic hydroxyl groups is 2. The average Bonchev–Trinajstić information content (AvgIpc) is 2.78. The Labute approximate surface area is 211 Å². The number of likely N-dealkylation sites (tertiary alicyclic amines) is 1. The van der Waals surface area contributed by atoms with E-state index >= 15 is 0 Å². The smallest absolute Gasteiger partial charge is 0.224 e. The number of carbonyl (C=O) groups excluding carboxylic acids is 1. The van der Waals surface area contributed by atoms with Crippen LogP contribution in [-0.2, 0) is 9.53 Å². The number of nitrogens with zero attached hydrogens (tertiary/aromatic N) is 1. The lowest BCUT2D eigenvalue weighted by molar-refractivity contribution is -0.149. The molecular formula is C23H42BrClN2O4S. The molecule has 2 rings (SSSR count). The average molecular weight is 558 g/mol. The molecule has 6 nitrogen and oxygen atoms in total. The minimum absolute atomic E-state index is 0.0230. The molecule has 2 aliphatic rings. The van der Waals surface area contributed by atoms with Gasteiger partial charge in [0.25, 0.3) is 0 Å². The van der Waals surface area contributed by atoms with Gasteiger partial charge in [0, 0.05) is 24.8 Å². The Morgan fingerprint density at radius 2 is 1.97 bits per heavy atom. The fourth-order valence-corrected chi connectivity index (χ4v) is 6.17. The van der Waals surface area contributed by atoms with Crippen LogP contribution in [0.5, 0.6) is 0 Å². The summed E-state index contributed by atoms with van der Waals surface area (Å²) in [4.78, 5) is 15.8. The number of rotatable bonds is 12. The number of amides is 1. The largest absolute Gasteiger partial charge is 0.390 e. The molecule has 8 atom stereocenters. The number of ether oxygens (including phenoxy) is 1. The molecule has 2 fully saturated rings. The van der Waals surface area contributed by atoms with Crippen molar-refractivity contribution in [3.05, 3.63) is 0 Å². The van der Waals surface area contributed by atoms with Crippen LogP contribution in [0.2, 0.25) is 0 Å². The number of hydrogen-bond acceptors (Lipinski definition) is 6. The van der Waals surface area contributed by atoms with E-state index in [2.05, 4.69) is 33.1 Å². The highest BCUT2D eigenvalue weighted by Gasteiger charge is 2.42. The monoisotopic (exact) mass is 556 g/mol. The van der Waals surface area contributed by atoms with Crippen LogP contribution in [0.15, 0.2) is 0 Å². The molecule has 6 unspecified atom stereocenters. The van der Waals surface area contributed by atoms with Crippen molar-refractivity contribution in [2.24, 2.45) is 11.8 Å². The Morgan fingerprint density at radius 1 is 1.25 bits per heavy atom. The number of aliphatic hydroxyl groups excluding tert-OH is 2. The molecule has 2 aliphatic heterocycles. The Balaban J connectivity index is 1.97. The minimum atomic E-state index is -0.935. The molecule has 0 aromatic heterocycles. The van der Waals surface area contributed by atoms with Gasteiger partial charge in [0.05, 0.1) is 29.5 Å². The number of hydrogen-bond donors (Lipinski definition) is 3. The van der Waals surface area contributed by atoms with E-state index in [1.807, 2.05) is 13.2 Å². The normalized spacial score (nSPS) is 33.6. The first-order valence-corrected chi connectivity index (χ1v) is 14.9. The molecule has 32 heavy (non-hydrogen) atoms. The van der Waals surface area contributed by atoms with Crippen molar-refractivity contribution in [3.8, 4) is 0 Å². The van der Waals surface area contributed by atoms with Gasteiger partial charge in [-0.2, -0.15) is 0 Å². The number of thioether (sulfide) groups is 1. The van der Waals surface area contributed by atoms with Crippen LogP contribution in [-0.4, -0.2) is 87.4 Å². The van der Waals surface area contributed by atoms with Crippen LogP contribution in [0.4, 0.5) is 0 Å². The summed E-state index contributed by atoms with van der Waals surface area (Å²) in [5.41, 5.74) is -0.530. The zero-order valence-corrected chi connectivity index (χ0v) is 22.9. The Morgan fingerprint density at radius 3 is 2.59 bits per heavy atom. The number of piperidine rings is 1. The molecular weight excluding hydrogens is 516 g/mol. The van der Waals surface area contributed by atoms with Crippen LogP contribution in [0.1, 0.15) is 58.8 Å². The number of halogens is 2. The van der Waals surface area contributed by atoms with Crippen molar-refractivity contribution in [2.45, 2.75) is 94.0 Å². The van der Waals surface area contributed by atoms with Crippen molar-refractivity contribution in [3.63, 3.8) is 0 Å². The maximum atomic E-state index is 13.3. The van der Waals surface area contributed by atoms with Crippen LogP contribution in [0, 0.1) is 11.8 Å². The summed E-state index contributed by atoms with van der Waals surface area (Å²) in [6.45, 7) is 6.94. The molecule has 1 amide bonds. The topological polar surface area (TPSA) is 82.0 Å². The molecule has 2 saturated heterocycles. The Hall–Kier alpha value is 0.430. The molecule has 0 bridgehead atoms. The number of unbranched alkanes of at least 4 members (excludes halogenated alkanes) is 3. The van der Waals surface area contributed by atoms with Gasteiger partial charge in [0.15, 0.2) is 0 Å². The van der Waals surface area contributed by atoms with Gasteiger partial charge in [-0.05, 0) is 44.9 Å². The highest BCUT2D eigenvalue weighted by molar-refractivity contribution is 9.09. The molecule has 9 heteroatoms. The van der Waals surface area contributed by atoms with E-state index in [4.69, 9.17) is 16.3 Å². The number of carbonyl (C=O) groups is 1. The van der Waals surface area contributed by atoms with Crippen molar-refractivity contribution in [2.75, 3.05) is 31.2 Å². The third-order valence-corrected chi connectivity index (χ3v) is 8.50. The molecule has 0 saturated carbocycles. The second-order valence-corrected chi connectivity index (χ2v) is 11.8. The molecule has 0 aromatic rings. The van der Waals surface area contributed by atoms with Gasteiger partial charge >= 0.3 is 0 Å². The van der Waals surface area contributed by atoms with Gasteiger partial charge in [-0.15, -0.1) is 23.4 Å². The van der Waals surface area contributed by atoms with E-state index in [9.17, 15) is 15.0 Å². The van der Waals surface area contributed by atoms with Gasteiger partial charge < -0.3 is 25.2 Å². The molecule has 3 N–H and O–H groups in total. The Kier molecular flexibility index (Phi) is 13.2. The molecule has 188 valence electrons. The van der Waals surface area contributed by atoms with Crippen LogP contribution >= 0.6 is 39.3 Å². The van der Waals surface area contributed by atoms with Crippen LogP contribution < -0.4 is 5.32 Å². The molecule has 0 spiro atoms. The van der Waals surface area contributed by atoms with Gasteiger partial charge in [-0.3, -0.25) is 4.79 Å². The predicted octanol–water partition coefficient (Wildman–Crippen LogP) is 3.60. The summed E-state index contributed by atoms with van der Waals surface area (Å²) in [6.07, 6.45) is 6.66. The summed E-state index contributed by atoms with van der Waals surface area (Å²) in [6, 6.07) is -0.416. The van der Waals surface area contributed by atoms with E-state index in [1.165, 1.54) is 37.4 Å². The van der Waals surface area contributed by atoms with Gasteiger partial charge in [0.2, 0.25) is 5.91 Å². The lowest BCUT2D eigenvalue weighted by Gasteiger charge is -2.42. The zero-order valence-electron chi connectivity index (χ0n) is 19.7. The molecule has 0 aromatic carbocycles. The Bertz CT molecular complexity index is 562. The van der Waals surface area contributed by atoms with Crippen molar-refractivity contribution < 1.29 is 19.7 Å². The first kappa shape index (κ1) is 28.7. The fourth-order valence-electron chi connectivity index (χ4n) is 4.83. The number of nitrogens with one attached hydrogen (secondary N) is 1. The van der Waals surface area contributed by atoms with Gasteiger partial charge in [-0.25, -0.2) is 0 Å². The highest BCUT2D eigenvalue weighted by Crippen LogP contribution is 2.31. The summed E-state index contributed by atoms with van der Waals surface area (Å²) in [5, 5.41) is 24.3. The van der Waals surface area contributed by atoms with Crippen molar-refractivity contribution in [1.82, 2.24) is 10.2 Å². The zero-order chi connectivity index (χ0) is 23.7. The maximum Gasteiger partial charge on any atom is 0.224 e. The molecule has 0 aliphatic carbocycles. The highest BCUT2D eigenvalue weighted by atomic mass is 79.9. The van der Waals surface area contributed by atoms with E-state index in [0.29, 0.717) is 5.92 Å². The molecule has 2 heterocycles. The van der Waals surface area contributed by atoms with Crippen LogP contribution in [0.3, 0.4) is 0 Å². The van der Waals surface area contributed by atoms with E-state index < -0.39 is 29.8 Å². The van der Waals surface area contributed by atoms with Crippen molar-refractivity contribution in [1.29, 1.82) is 0 Å².